The monoisotopic (exact) mass is 412 g/mol. The average Bonchev–Trinajstić information content (AvgIpc) is 3.19. The SMILES string of the molecule is Cc1ccc(NC(=O)[C@H]2CC(=O)N(c3n[nH]c4cc(Br)ccc34)C2)cc1. The molecule has 2 aromatic carbocycles. The summed E-state index contributed by atoms with van der Waals surface area (Å²) in [6.07, 6.45) is 0.183. The van der Waals surface area contributed by atoms with Crippen LogP contribution in [0.25, 0.3) is 10.9 Å². The Labute approximate surface area is 158 Å². The molecule has 3 aromatic rings. The number of hydrogen-bond donors (Lipinski definition) is 2. The maximum absolute atomic E-state index is 12.5. The molecule has 0 spiro atoms. The summed E-state index contributed by atoms with van der Waals surface area (Å²) in [6, 6.07) is 13.3. The van der Waals surface area contributed by atoms with Crippen molar-refractivity contribution in [2.24, 2.45) is 5.92 Å². The number of amides is 2. The quantitative estimate of drug-likeness (QED) is 0.689. The van der Waals surface area contributed by atoms with Gasteiger partial charge in [0.25, 0.3) is 0 Å². The van der Waals surface area contributed by atoms with E-state index in [4.69, 9.17) is 0 Å². The van der Waals surface area contributed by atoms with E-state index in [-0.39, 0.29) is 18.2 Å². The lowest BCUT2D eigenvalue weighted by Crippen LogP contribution is -2.28. The fourth-order valence-electron chi connectivity index (χ4n) is 3.15. The Kier molecular flexibility index (Phi) is 4.24. The number of aromatic amines is 1. The summed E-state index contributed by atoms with van der Waals surface area (Å²) in [7, 11) is 0. The Morgan fingerprint density at radius 1 is 1.27 bits per heavy atom. The van der Waals surface area contributed by atoms with Crippen LogP contribution in [0, 0.1) is 12.8 Å². The number of nitrogens with one attached hydrogen (secondary N) is 2. The molecule has 1 atom stereocenters. The Morgan fingerprint density at radius 3 is 2.81 bits per heavy atom. The highest BCUT2D eigenvalue weighted by molar-refractivity contribution is 9.10. The van der Waals surface area contributed by atoms with Gasteiger partial charge in [-0.3, -0.25) is 19.6 Å². The minimum atomic E-state index is -0.397. The number of benzene rings is 2. The van der Waals surface area contributed by atoms with Crippen molar-refractivity contribution < 1.29 is 9.59 Å². The Hall–Kier alpha value is -2.67. The fraction of sp³-hybridized carbons (Fsp3) is 0.211. The first-order chi connectivity index (χ1) is 12.5. The molecule has 1 aliphatic rings. The summed E-state index contributed by atoms with van der Waals surface area (Å²) in [5.41, 5.74) is 2.71. The van der Waals surface area contributed by atoms with Gasteiger partial charge in [-0.25, -0.2) is 0 Å². The molecule has 6 nitrogen and oxygen atoms in total. The number of carbonyl (C=O) groups is 2. The topological polar surface area (TPSA) is 78.1 Å². The highest BCUT2D eigenvalue weighted by atomic mass is 79.9. The second kappa shape index (κ2) is 6.57. The van der Waals surface area contributed by atoms with E-state index in [1.54, 1.807) is 4.90 Å². The summed E-state index contributed by atoms with van der Waals surface area (Å²) < 4.78 is 0.934. The van der Waals surface area contributed by atoms with Crippen LogP contribution in [0.2, 0.25) is 0 Å². The number of anilines is 2. The van der Waals surface area contributed by atoms with E-state index in [1.807, 2.05) is 49.4 Å². The molecule has 26 heavy (non-hydrogen) atoms. The zero-order chi connectivity index (χ0) is 18.3. The lowest BCUT2D eigenvalue weighted by Gasteiger charge is -2.14. The molecule has 1 saturated heterocycles. The van der Waals surface area contributed by atoms with Crippen molar-refractivity contribution in [1.82, 2.24) is 10.2 Å². The molecule has 0 unspecified atom stereocenters. The second-order valence-corrected chi connectivity index (χ2v) is 7.41. The van der Waals surface area contributed by atoms with E-state index in [0.717, 1.165) is 26.6 Å². The number of halogens is 1. The van der Waals surface area contributed by atoms with Crippen molar-refractivity contribution in [3.05, 3.63) is 52.5 Å². The van der Waals surface area contributed by atoms with E-state index in [9.17, 15) is 9.59 Å². The number of H-pyrrole nitrogens is 1. The number of carbonyl (C=O) groups excluding carboxylic acids is 2. The fourth-order valence-corrected chi connectivity index (χ4v) is 3.51. The maximum Gasteiger partial charge on any atom is 0.229 e. The Bertz CT molecular complexity index is 996. The summed E-state index contributed by atoms with van der Waals surface area (Å²) in [6.45, 7) is 2.32. The van der Waals surface area contributed by atoms with Crippen molar-refractivity contribution in [3.8, 4) is 0 Å². The van der Waals surface area contributed by atoms with Gasteiger partial charge in [-0.15, -0.1) is 0 Å². The molecule has 1 aromatic heterocycles. The largest absolute Gasteiger partial charge is 0.326 e. The predicted molar refractivity (Wildman–Crippen MR) is 104 cm³/mol. The van der Waals surface area contributed by atoms with Crippen LogP contribution in [0.3, 0.4) is 0 Å². The van der Waals surface area contributed by atoms with E-state index < -0.39 is 5.92 Å². The van der Waals surface area contributed by atoms with Crippen LogP contribution in [0.1, 0.15) is 12.0 Å². The number of hydrogen-bond acceptors (Lipinski definition) is 3. The molecule has 0 saturated carbocycles. The van der Waals surface area contributed by atoms with Crippen LogP contribution in [0.15, 0.2) is 46.9 Å². The summed E-state index contributed by atoms with van der Waals surface area (Å²) in [5.74, 6) is -0.0631. The lowest BCUT2D eigenvalue weighted by molar-refractivity contribution is -0.122. The van der Waals surface area contributed by atoms with Crippen molar-refractivity contribution in [1.29, 1.82) is 0 Å². The van der Waals surface area contributed by atoms with E-state index >= 15 is 0 Å². The molecule has 1 fully saturated rings. The number of aryl methyl sites for hydroxylation is 1. The first-order valence-corrected chi connectivity index (χ1v) is 9.12. The van der Waals surface area contributed by atoms with Gasteiger partial charge in [0.15, 0.2) is 5.82 Å². The van der Waals surface area contributed by atoms with Crippen molar-refractivity contribution in [2.45, 2.75) is 13.3 Å². The van der Waals surface area contributed by atoms with E-state index in [1.165, 1.54) is 0 Å². The lowest BCUT2D eigenvalue weighted by atomic mass is 10.1. The van der Waals surface area contributed by atoms with Crippen molar-refractivity contribution in [2.75, 3.05) is 16.8 Å². The van der Waals surface area contributed by atoms with Gasteiger partial charge in [-0.1, -0.05) is 33.6 Å². The molecular formula is C19H17BrN4O2. The third kappa shape index (κ3) is 3.10. The highest BCUT2D eigenvalue weighted by Crippen LogP contribution is 2.31. The standard InChI is InChI=1S/C19H17BrN4O2/c1-11-2-5-14(6-3-11)21-19(26)12-8-17(25)24(10-12)18-15-7-4-13(20)9-16(15)22-23-18/h2-7,9,12H,8,10H2,1H3,(H,21,26)(H,22,23)/t12-/m0/s1. The van der Waals surface area contributed by atoms with Gasteiger partial charge >= 0.3 is 0 Å². The number of rotatable bonds is 3. The highest BCUT2D eigenvalue weighted by Gasteiger charge is 2.36. The number of nitrogens with zero attached hydrogens (tertiary/aromatic N) is 2. The molecule has 132 valence electrons. The molecule has 4 rings (SSSR count). The Morgan fingerprint density at radius 2 is 2.04 bits per heavy atom. The minimum absolute atomic E-state index is 0.0922. The van der Waals surface area contributed by atoms with Gasteiger partial charge in [-0.2, -0.15) is 5.10 Å². The molecule has 7 heteroatoms. The summed E-state index contributed by atoms with van der Waals surface area (Å²) in [4.78, 5) is 26.6. The van der Waals surface area contributed by atoms with Crippen LogP contribution < -0.4 is 10.2 Å². The molecule has 1 aliphatic heterocycles. The van der Waals surface area contributed by atoms with Crippen molar-refractivity contribution in [3.63, 3.8) is 0 Å². The smallest absolute Gasteiger partial charge is 0.229 e. The number of aromatic nitrogens is 2. The molecule has 0 radical (unpaired) electrons. The molecule has 0 aliphatic carbocycles. The normalized spacial score (nSPS) is 17.1. The van der Waals surface area contributed by atoms with Crippen LogP contribution in [0.5, 0.6) is 0 Å². The molecule has 2 N–H and O–H groups in total. The second-order valence-electron chi connectivity index (χ2n) is 6.50. The first-order valence-electron chi connectivity index (χ1n) is 8.33. The predicted octanol–water partition coefficient (Wildman–Crippen LogP) is 3.63. The minimum Gasteiger partial charge on any atom is -0.326 e. The van der Waals surface area contributed by atoms with E-state index in [2.05, 4.69) is 31.4 Å². The molecular weight excluding hydrogens is 396 g/mol. The van der Waals surface area contributed by atoms with Gasteiger partial charge < -0.3 is 5.32 Å². The third-order valence-corrected chi connectivity index (χ3v) is 5.07. The van der Waals surface area contributed by atoms with Gasteiger partial charge in [-0.05, 0) is 37.3 Å². The first kappa shape index (κ1) is 16.8. The van der Waals surface area contributed by atoms with Gasteiger partial charge in [0.1, 0.15) is 0 Å². The van der Waals surface area contributed by atoms with Crippen LogP contribution in [-0.4, -0.2) is 28.6 Å². The Balaban J connectivity index is 1.52. The maximum atomic E-state index is 12.5. The molecule has 2 heterocycles. The summed E-state index contributed by atoms with van der Waals surface area (Å²) in [5, 5.41) is 11.0. The third-order valence-electron chi connectivity index (χ3n) is 4.58. The van der Waals surface area contributed by atoms with Crippen LogP contribution >= 0.6 is 15.9 Å². The molecule has 2 amide bonds. The summed E-state index contributed by atoms with van der Waals surface area (Å²) >= 11 is 3.42. The van der Waals surface area contributed by atoms with Crippen molar-refractivity contribution >= 4 is 50.2 Å². The van der Waals surface area contributed by atoms with Gasteiger partial charge in [0.05, 0.1) is 11.4 Å². The average molecular weight is 413 g/mol. The van der Waals surface area contributed by atoms with Gasteiger partial charge in [0.2, 0.25) is 11.8 Å². The van der Waals surface area contributed by atoms with Gasteiger partial charge in [0, 0.05) is 28.5 Å². The van der Waals surface area contributed by atoms with Crippen LogP contribution in [0.4, 0.5) is 11.5 Å². The zero-order valence-electron chi connectivity index (χ0n) is 14.1. The van der Waals surface area contributed by atoms with E-state index in [0.29, 0.717) is 12.4 Å². The zero-order valence-corrected chi connectivity index (χ0v) is 15.7. The van der Waals surface area contributed by atoms with Crippen LogP contribution in [-0.2, 0) is 9.59 Å². The molecule has 0 bridgehead atoms. The number of fused-ring (bicyclic) bond motifs is 1.